The summed E-state index contributed by atoms with van der Waals surface area (Å²) in [6.07, 6.45) is -5.74. The first-order valence-electron chi connectivity index (χ1n) is 7.00. The second kappa shape index (κ2) is 9.20. The third-order valence-corrected chi connectivity index (χ3v) is 4.72. The molecule has 9 nitrogen and oxygen atoms in total. The van der Waals surface area contributed by atoms with Gasteiger partial charge in [-0.05, 0) is 18.6 Å². The second-order valence-corrected chi connectivity index (χ2v) is 6.82. The number of ketones is 1. The second-order valence-electron chi connectivity index (χ2n) is 5.09. The lowest BCUT2D eigenvalue weighted by atomic mass is 10.0. The number of aromatic nitrogens is 1. The highest BCUT2D eigenvalue weighted by Gasteiger charge is 2.30. The lowest BCUT2D eigenvalue weighted by molar-refractivity contribution is -0.139. The molecular weight excluding hydrogens is 362 g/mol. The fourth-order valence-corrected chi connectivity index (χ4v) is 3.31. The van der Waals surface area contributed by atoms with Crippen LogP contribution in [-0.4, -0.2) is 71.9 Å². The van der Waals surface area contributed by atoms with Crippen LogP contribution in [0.1, 0.15) is 17.7 Å². The molecule has 0 aliphatic heterocycles. The molecule has 0 aliphatic rings. The minimum atomic E-state index is -1.93. The molecule has 1 heterocycles. The Kier molecular flexibility index (Phi) is 7.93. The number of aliphatic hydroxyl groups excluding tert-OH is 4. The van der Waals surface area contributed by atoms with Crippen LogP contribution in [0.15, 0.2) is 0 Å². The van der Waals surface area contributed by atoms with Crippen LogP contribution < -0.4 is 0 Å². The number of aliphatic hydroxyl groups is 4. The first-order valence-corrected chi connectivity index (χ1v) is 8.22. The monoisotopic (exact) mass is 381 g/mol. The fraction of sp³-hybridized carbons (Fsp3) is 0.615. The highest BCUT2D eigenvalue weighted by Crippen LogP contribution is 2.27. The molecule has 24 heavy (non-hydrogen) atoms. The molecule has 0 fully saturated rings. The van der Waals surface area contributed by atoms with E-state index in [2.05, 4.69) is 0 Å². The average Bonchev–Trinajstić information content (AvgIpc) is 2.79. The Morgan fingerprint density at radius 2 is 1.88 bits per heavy atom. The molecule has 1 rings (SSSR count). The molecule has 6 N–H and O–H groups in total. The molecule has 0 amide bonds. The minimum Gasteiger partial charge on any atom is -0.494 e. The molecule has 0 spiro atoms. The quantitative estimate of drug-likeness (QED) is 0.280. The topological polar surface area (TPSA) is 160 Å². The Labute approximate surface area is 146 Å². The van der Waals surface area contributed by atoms with E-state index >= 15 is 0 Å². The number of carbonyl (C=O) groups excluding carboxylic acids is 1. The van der Waals surface area contributed by atoms with Gasteiger partial charge in [0.1, 0.15) is 18.3 Å². The van der Waals surface area contributed by atoms with E-state index in [0.29, 0.717) is 0 Å². The number of hydrogen-bond acceptors (Lipinski definition) is 9. The number of thiazole rings is 1. The van der Waals surface area contributed by atoms with Gasteiger partial charge < -0.3 is 30.6 Å². The smallest absolute Gasteiger partial charge is 0.303 e. The number of carbonyl (C=O) groups is 2. The standard InChI is InChI=1S/C13H19NO8S2/c15-5-7(17)11(21)10(20)6(16)4-8-12(22)14(13(23)24-8)3-1-2-9(18)19/h7,10-11,15,17,20-22H,1-5H2,(H,18,19). The van der Waals surface area contributed by atoms with Crippen molar-refractivity contribution < 1.29 is 40.2 Å². The zero-order chi connectivity index (χ0) is 18.4. The number of aromatic hydroxyl groups is 1. The van der Waals surface area contributed by atoms with Gasteiger partial charge >= 0.3 is 5.97 Å². The van der Waals surface area contributed by atoms with Gasteiger partial charge in [-0.2, -0.15) is 0 Å². The van der Waals surface area contributed by atoms with Gasteiger partial charge in [0.2, 0.25) is 5.88 Å². The van der Waals surface area contributed by atoms with Gasteiger partial charge in [0.15, 0.2) is 9.74 Å². The first kappa shape index (κ1) is 20.7. The van der Waals surface area contributed by atoms with Crippen LogP contribution in [0.5, 0.6) is 5.88 Å². The van der Waals surface area contributed by atoms with Crippen LogP contribution in [0.25, 0.3) is 0 Å². The van der Waals surface area contributed by atoms with E-state index in [1.54, 1.807) is 0 Å². The Balaban J connectivity index is 2.79. The molecule has 1 aromatic heterocycles. The first-order chi connectivity index (χ1) is 11.2. The maximum Gasteiger partial charge on any atom is 0.303 e. The van der Waals surface area contributed by atoms with E-state index in [-0.39, 0.29) is 34.1 Å². The van der Waals surface area contributed by atoms with E-state index < -0.39 is 43.1 Å². The maximum atomic E-state index is 11.9. The Bertz CT molecular complexity index is 640. The van der Waals surface area contributed by atoms with Gasteiger partial charge in [-0.15, -0.1) is 11.3 Å². The van der Waals surface area contributed by atoms with Crippen molar-refractivity contribution in [2.24, 2.45) is 0 Å². The van der Waals surface area contributed by atoms with Crippen LogP contribution in [0.2, 0.25) is 0 Å². The van der Waals surface area contributed by atoms with Gasteiger partial charge in [-0.3, -0.25) is 14.2 Å². The molecule has 0 bridgehead atoms. The predicted octanol–water partition coefficient (Wildman–Crippen LogP) is -0.964. The fourth-order valence-electron chi connectivity index (χ4n) is 1.92. The van der Waals surface area contributed by atoms with E-state index in [4.69, 9.17) is 22.4 Å². The van der Waals surface area contributed by atoms with Gasteiger partial charge in [-0.25, -0.2) is 0 Å². The molecule has 1 aromatic rings. The summed E-state index contributed by atoms with van der Waals surface area (Å²) in [5, 5.41) is 55.8. The zero-order valence-electron chi connectivity index (χ0n) is 12.5. The highest BCUT2D eigenvalue weighted by molar-refractivity contribution is 7.73. The molecule has 136 valence electrons. The number of carboxylic acids is 1. The van der Waals surface area contributed by atoms with Gasteiger partial charge in [0, 0.05) is 19.4 Å². The highest BCUT2D eigenvalue weighted by atomic mass is 32.1. The number of aliphatic carboxylic acids is 1. The largest absolute Gasteiger partial charge is 0.494 e. The summed E-state index contributed by atoms with van der Waals surface area (Å²) in [4.78, 5) is 22.6. The summed E-state index contributed by atoms with van der Waals surface area (Å²) in [6.45, 7) is -0.661. The van der Waals surface area contributed by atoms with Crippen molar-refractivity contribution in [1.82, 2.24) is 4.57 Å². The molecule has 11 heteroatoms. The maximum absolute atomic E-state index is 11.9. The summed E-state index contributed by atoms with van der Waals surface area (Å²) >= 11 is 5.97. The molecule has 0 radical (unpaired) electrons. The lowest BCUT2D eigenvalue weighted by Crippen LogP contribution is -2.44. The summed E-state index contributed by atoms with van der Waals surface area (Å²) in [6, 6.07) is 0. The van der Waals surface area contributed by atoms with E-state index in [1.807, 2.05) is 0 Å². The number of hydrogen-bond donors (Lipinski definition) is 6. The summed E-state index contributed by atoms with van der Waals surface area (Å²) in [7, 11) is 0. The average molecular weight is 381 g/mol. The molecule has 0 saturated heterocycles. The van der Waals surface area contributed by atoms with Gasteiger partial charge in [-0.1, -0.05) is 0 Å². The summed E-state index contributed by atoms with van der Waals surface area (Å²) < 4.78 is 1.53. The van der Waals surface area contributed by atoms with Crippen LogP contribution in [0.4, 0.5) is 0 Å². The molecule has 0 aliphatic carbocycles. The van der Waals surface area contributed by atoms with Crippen molar-refractivity contribution in [2.45, 2.75) is 44.1 Å². The SMILES string of the molecule is O=C(O)CCCn1c(O)c(CC(=O)C(O)C(O)C(O)CO)sc1=S. The van der Waals surface area contributed by atoms with Crippen molar-refractivity contribution in [2.75, 3.05) is 6.61 Å². The van der Waals surface area contributed by atoms with Crippen LogP contribution in [-0.2, 0) is 22.6 Å². The summed E-state index contributed by atoms with van der Waals surface area (Å²) in [5.74, 6) is -2.14. The Hall–Kier alpha value is -1.37. The van der Waals surface area contributed by atoms with Gasteiger partial charge in [0.25, 0.3) is 0 Å². The van der Waals surface area contributed by atoms with E-state index in [1.165, 1.54) is 4.57 Å². The summed E-state index contributed by atoms with van der Waals surface area (Å²) in [5.41, 5.74) is 0. The predicted molar refractivity (Wildman–Crippen MR) is 85.5 cm³/mol. The molecule has 0 aromatic carbocycles. The van der Waals surface area contributed by atoms with Crippen molar-refractivity contribution in [1.29, 1.82) is 0 Å². The minimum absolute atomic E-state index is 0.102. The number of nitrogens with zero attached hydrogens (tertiary/aromatic N) is 1. The molecule has 3 atom stereocenters. The van der Waals surface area contributed by atoms with Crippen LogP contribution >= 0.6 is 23.6 Å². The molecule has 3 unspecified atom stereocenters. The normalized spacial score (nSPS) is 15.0. The number of carboxylic acid groups (broad SMARTS) is 1. The van der Waals surface area contributed by atoms with Crippen molar-refractivity contribution in [3.05, 3.63) is 8.83 Å². The third-order valence-electron chi connectivity index (χ3n) is 3.28. The zero-order valence-corrected chi connectivity index (χ0v) is 14.2. The van der Waals surface area contributed by atoms with E-state index in [0.717, 1.165) is 11.3 Å². The van der Waals surface area contributed by atoms with Crippen molar-refractivity contribution in [3.8, 4) is 5.88 Å². The van der Waals surface area contributed by atoms with Crippen LogP contribution in [0.3, 0.4) is 0 Å². The lowest BCUT2D eigenvalue weighted by Gasteiger charge is -2.20. The third kappa shape index (κ3) is 5.33. The molecular formula is C13H19NO8S2. The Morgan fingerprint density at radius 1 is 1.25 bits per heavy atom. The van der Waals surface area contributed by atoms with Gasteiger partial charge in [0.05, 0.1) is 11.5 Å². The van der Waals surface area contributed by atoms with E-state index in [9.17, 15) is 30.0 Å². The van der Waals surface area contributed by atoms with Crippen molar-refractivity contribution >= 4 is 35.3 Å². The Morgan fingerprint density at radius 3 is 2.42 bits per heavy atom. The number of Topliss-reactive ketones (excluding diaryl/α,β-unsaturated/α-hetero) is 1. The van der Waals surface area contributed by atoms with Crippen LogP contribution in [0, 0.1) is 3.95 Å². The molecule has 0 saturated carbocycles. The number of rotatable bonds is 10. The van der Waals surface area contributed by atoms with Crippen molar-refractivity contribution in [3.63, 3.8) is 0 Å².